The van der Waals surface area contributed by atoms with Gasteiger partial charge < -0.3 is 5.11 Å². The molecule has 0 aromatic carbocycles. The molecule has 0 heterocycles. The Morgan fingerprint density at radius 1 is 1.50 bits per heavy atom. The number of sulfonamides is 1. The second-order valence-electron chi connectivity index (χ2n) is 2.79. The summed E-state index contributed by atoms with van der Waals surface area (Å²) >= 11 is 0. The zero-order valence-corrected chi connectivity index (χ0v) is 8.72. The lowest BCUT2D eigenvalue weighted by molar-refractivity contribution is -0.137. The van der Waals surface area contributed by atoms with Crippen LogP contribution in [0.1, 0.15) is 19.3 Å². The van der Waals surface area contributed by atoms with E-state index in [1.165, 1.54) is 0 Å². The minimum atomic E-state index is -3.31. The van der Waals surface area contributed by atoms with Crippen molar-refractivity contribution in [1.29, 1.82) is 0 Å². The zero-order chi connectivity index (χ0) is 11.0. The maximum atomic E-state index is 11.1. The van der Waals surface area contributed by atoms with Gasteiger partial charge in [0.15, 0.2) is 0 Å². The summed E-state index contributed by atoms with van der Waals surface area (Å²) in [6, 6.07) is 0. The van der Waals surface area contributed by atoms with Gasteiger partial charge >= 0.3 is 5.97 Å². The van der Waals surface area contributed by atoms with Crippen molar-refractivity contribution >= 4 is 16.0 Å². The van der Waals surface area contributed by atoms with E-state index in [1.54, 1.807) is 6.08 Å². The number of aliphatic carboxylic acids is 1. The topological polar surface area (TPSA) is 83.5 Å². The maximum absolute atomic E-state index is 11.1. The average Bonchev–Trinajstić information content (AvgIpc) is 2.03. The van der Waals surface area contributed by atoms with Gasteiger partial charge in [-0.2, -0.15) is 0 Å². The number of carboxylic acid groups (broad SMARTS) is 1. The van der Waals surface area contributed by atoms with Gasteiger partial charge in [0.05, 0.1) is 5.75 Å². The molecule has 0 radical (unpaired) electrons. The first-order valence-corrected chi connectivity index (χ1v) is 5.93. The molecule has 6 heteroatoms. The summed E-state index contributed by atoms with van der Waals surface area (Å²) in [5.41, 5.74) is 0. The van der Waals surface area contributed by atoms with Gasteiger partial charge in [-0.05, 0) is 12.8 Å². The lowest BCUT2D eigenvalue weighted by atomic mass is 10.3. The fourth-order valence-electron chi connectivity index (χ4n) is 0.802. The molecule has 0 rings (SSSR count). The fraction of sp³-hybridized carbons (Fsp3) is 0.625. The average molecular weight is 221 g/mol. The van der Waals surface area contributed by atoms with Gasteiger partial charge in [-0.25, -0.2) is 13.1 Å². The molecule has 0 atom stereocenters. The Morgan fingerprint density at radius 2 is 2.14 bits per heavy atom. The van der Waals surface area contributed by atoms with Gasteiger partial charge in [0, 0.05) is 13.0 Å². The van der Waals surface area contributed by atoms with Crippen molar-refractivity contribution in [3.63, 3.8) is 0 Å². The quantitative estimate of drug-likeness (QED) is 0.457. The van der Waals surface area contributed by atoms with E-state index in [1.807, 2.05) is 0 Å². The molecule has 0 aliphatic heterocycles. The molecule has 0 unspecified atom stereocenters. The predicted octanol–water partition coefficient (Wildman–Crippen LogP) is 0.347. The van der Waals surface area contributed by atoms with Crippen LogP contribution in [-0.2, 0) is 14.8 Å². The molecule has 14 heavy (non-hydrogen) atoms. The number of hydrogen-bond acceptors (Lipinski definition) is 3. The Hall–Kier alpha value is -0.880. The molecule has 0 aliphatic carbocycles. The van der Waals surface area contributed by atoms with E-state index in [-0.39, 0.29) is 18.6 Å². The number of carboxylic acids is 1. The normalized spacial score (nSPS) is 11.1. The minimum absolute atomic E-state index is 0.123. The van der Waals surface area contributed by atoms with Crippen LogP contribution in [0.25, 0.3) is 0 Å². The van der Waals surface area contributed by atoms with Crippen molar-refractivity contribution in [3.05, 3.63) is 12.7 Å². The first-order chi connectivity index (χ1) is 6.48. The molecule has 0 saturated heterocycles. The fourth-order valence-corrected chi connectivity index (χ4v) is 1.90. The van der Waals surface area contributed by atoms with Crippen LogP contribution in [0.4, 0.5) is 0 Å². The van der Waals surface area contributed by atoms with Gasteiger partial charge in [-0.15, -0.1) is 6.58 Å². The predicted molar refractivity (Wildman–Crippen MR) is 53.5 cm³/mol. The molecular weight excluding hydrogens is 206 g/mol. The van der Waals surface area contributed by atoms with Crippen LogP contribution in [0.15, 0.2) is 12.7 Å². The number of rotatable bonds is 8. The number of hydrogen-bond donors (Lipinski definition) is 2. The Labute approximate surface area is 83.9 Å². The SMILES string of the molecule is C=CCCNS(=O)(=O)CCCC(=O)O. The Balaban J connectivity index is 3.72. The molecule has 0 aromatic rings. The largest absolute Gasteiger partial charge is 0.481 e. The lowest BCUT2D eigenvalue weighted by Gasteiger charge is -2.03. The molecule has 0 aromatic heterocycles. The highest BCUT2D eigenvalue weighted by molar-refractivity contribution is 7.89. The first kappa shape index (κ1) is 13.1. The summed E-state index contributed by atoms with van der Waals surface area (Å²) in [6.07, 6.45) is 2.19. The van der Waals surface area contributed by atoms with Crippen molar-refractivity contribution in [2.24, 2.45) is 0 Å². The van der Waals surface area contributed by atoms with Crippen LogP contribution in [0.3, 0.4) is 0 Å². The Kier molecular flexibility index (Phi) is 6.14. The van der Waals surface area contributed by atoms with Crippen LogP contribution in [0.5, 0.6) is 0 Å². The van der Waals surface area contributed by atoms with E-state index >= 15 is 0 Å². The van der Waals surface area contributed by atoms with Crippen molar-refractivity contribution in [2.45, 2.75) is 19.3 Å². The summed E-state index contributed by atoms with van der Waals surface area (Å²) in [5, 5.41) is 8.30. The molecule has 0 bridgehead atoms. The molecule has 0 aliphatic rings. The summed E-state index contributed by atoms with van der Waals surface area (Å²) < 4.78 is 24.6. The summed E-state index contributed by atoms with van der Waals surface area (Å²) in [4.78, 5) is 10.1. The molecule has 5 nitrogen and oxygen atoms in total. The summed E-state index contributed by atoms with van der Waals surface area (Å²) in [7, 11) is -3.31. The van der Waals surface area contributed by atoms with Crippen LogP contribution >= 0.6 is 0 Å². The van der Waals surface area contributed by atoms with Crippen LogP contribution < -0.4 is 4.72 Å². The van der Waals surface area contributed by atoms with Gasteiger partial charge in [0.2, 0.25) is 10.0 Å². The molecule has 0 saturated carbocycles. The summed E-state index contributed by atoms with van der Waals surface area (Å²) in [6.45, 7) is 3.77. The van der Waals surface area contributed by atoms with E-state index < -0.39 is 16.0 Å². The molecular formula is C8H15NO4S. The molecule has 0 fully saturated rings. The highest BCUT2D eigenvalue weighted by Crippen LogP contribution is 1.94. The van der Waals surface area contributed by atoms with Crippen LogP contribution in [-0.4, -0.2) is 31.8 Å². The third kappa shape index (κ3) is 7.75. The van der Waals surface area contributed by atoms with E-state index in [0.717, 1.165) is 0 Å². The third-order valence-electron chi connectivity index (χ3n) is 1.47. The first-order valence-electron chi connectivity index (χ1n) is 4.28. The van der Waals surface area contributed by atoms with Gasteiger partial charge in [0.1, 0.15) is 0 Å². The third-order valence-corrected chi connectivity index (χ3v) is 2.94. The van der Waals surface area contributed by atoms with E-state index in [2.05, 4.69) is 11.3 Å². The Morgan fingerprint density at radius 3 is 2.64 bits per heavy atom. The van der Waals surface area contributed by atoms with Crippen molar-refractivity contribution in [1.82, 2.24) is 4.72 Å². The maximum Gasteiger partial charge on any atom is 0.303 e. The van der Waals surface area contributed by atoms with E-state index in [4.69, 9.17) is 5.11 Å². The van der Waals surface area contributed by atoms with Gasteiger partial charge in [-0.3, -0.25) is 4.79 Å². The number of carbonyl (C=O) groups is 1. The van der Waals surface area contributed by atoms with Gasteiger partial charge in [-0.1, -0.05) is 6.08 Å². The monoisotopic (exact) mass is 221 g/mol. The van der Waals surface area contributed by atoms with Crippen molar-refractivity contribution < 1.29 is 18.3 Å². The highest BCUT2D eigenvalue weighted by Gasteiger charge is 2.09. The standard InChI is InChI=1S/C8H15NO4S/c1-2-3-6-9-14(12,13)7-4-5-8(10)11/h2,9H,1,3-7H2,(H,10,11). The molecule has 82 valence electrons. The second kappa shape index (κ2) is 6.56. The molecule has 0 amide bonds. The number of nitrogens with one attached hydrogen (secondary N) is 1. The molecule has 2 N–H and O–H groups in total. The van der Waals surface area contributed by atoms with Crippen LogP contribution in [0, 0.1) is 0 Å². The lowest BCUT2D eigenvalue weighted by Crippen LogP contribution is -2.27. The highest BCUT2D eigenvalue weighted by atomic mass is 32.2. The van der Waals surface area contributed by atoms with Gasteiger partial charge in [0.25, 0.3) is 0 Å². The van der Waals surface area contributed by atoms with Crippen molar-refractivity contribution in [3.8, 4) is 0 Å². The second-order valence-corrected chi connectivity index (χ2v) is 4.71. The zero-order valence-electron chi connectivity index (χ0n) is 7.90. The van der Waals surface area contributed by atoms with E-state index in [0.29, 0.717) is 13.0 Å². The minimum Gasteiger partial charge on any atom is -0.481 e. The smallest absolute Gasteiger partial charge is 0.303 e. The summed E-state index contributed by atoms with van der Waals surface area (Å²) in [5.74, 6) is -1.12. The Bertz CT molecular complexity index is 284. The molecule has 0 spiro atoms. The van der Waals surface area contributed by atoms with Crippen molar-refractivity contribution in [2.75, 3.05) is 12.3 Å². The van der Waals surface area contributed by atoms with Crippen LogP contribution in [0.2, 0.25) is 0 Å². The van der Waals surface area contributed by atoms with E-state index in [9.17, 15) is 13.2 Å².